The molecule has 1 saturated heterocycles. The Hall–Kier alpha value is -4.29. The predicted molar refractivity (Wildman–Crippen MR) is 147 cm³/mol. The van der Waals surface area contributed by atoms with Crippen molar-refractivity contribution in [2.45, 2.75) is 19.6 Å². The van der Waals surface area contributed by atoms with Crippen LogP contribution in [-0.4, -0.2) is 85.7 Å². The number of ether oxygens (including phenoxy) is 3. The van der Waals surface area contributed by atoms with Gasteiger partial charge in [0, 0.05) is 26.2 Å². The maximum absolute atomic E-state index is 12.8. The number of likely N-dealkylation sites (N-methyl/N-ethyl adjacent to an activating group) is 1. The van der Waals surface area contributed by atoms with Crippen LogP contribution >= 0.6 is 0 Å². The van der Waals surface area contributed by atoms with Gasteiger partial charge in [-0.25, -0.2) is 0 Å². The molecule has 4 heterocycles. The smallest absolute Gasteiger partial charge is 0.287 e. The molecule has 0 spiro atoms. The first-order chi connectivity index (χ1) is 19.4. The normalized spacial score (nSPS) is 17.3. The quantitative estimate of drug-likeness (QED) is 0.344. The number of nitrogens with zero attached hydrogens (tertiary/aromatic N) is 3. The third kappa shape index (κ3) is 6.29. The number of pyridine rings is 1. The Morgan fingerprint density at radius 2 is 1.90 bits per heavy atom. The number of aromatic nitrogens is 1. The summed E-state index contributed by atoms with van der Waals surface area (Å²) in [7, 11) is 1.41. The molecular weight excluding hydrogens is 516 g/mol. The van der Waals surface area contributed by atoms with Crippen molar-refractivity contribution in [1.82, 2.24) is 20.1 Å². The second-order valence-corrected chi connectivity index (χ2v) is 9.61. The first kappa shape index (κ1) is 27.3. The Bertz CT molecular complexity index is 1350. The highest BCUT2D eigenvalue weighted by molar-refractivity contribution is 5.95. The summed E-state index contributed by atoms with van der Waals surface area (Å²) in [4.78, 5) is 33.4. The van der Waals surface area contributed by atoms with E-state index in [2.05, 4.69) is 32.3 Å². The minimum Gasteiger partial charge on any atom is -0.486 e. The molecule has 212 valence electrons. The van der Waals surface area contributed by atoms with Gasteiger partial charge in [0.2, 0.25) is 5.88 Å². The molecule has 3 aromatic rings. The number of carbonyl (C=O) groups excluding carboxylic acids is 2. The summed E-state index contributed by atoms with van der Waals surface area (Å²) in [6.45, 7) is 8.46. The first-order valence-electron chi connectivity index (χ1n) is 13.3. The van der Waals surface area contributed by atoms with E-state index in [1.54, 1.807) is 18.2 Å². The number of rotatable bonds is 10. The maximum Gasteiger partial charge on any atom is 0.287 e. The van der Waals surface area contributed by atoms with Gasteiger partial charge in [-0.2, -0.15) is 4.98 Å². The van der Waals surface area contributed by atoms with Crippen LogP contribution in [0.1, 0.15) is 33.6 Å². The molecule has 12 heteroatoms. The molecule has 0 aliphatic carbocycles. The third-order valence-corrected chi connectivity index (χ3v) is 6.94. The molecule has 2 aliphatic heterocycles. The number of para-hydroxylation sites is 1. The summed E-state index contributed by atoms with van der Waals surface area (Å²) in [5.41, 5.74) is 6.16. The van der Waals surface area contributed by atoms with Crippen LogP contribution in [0.2, 0.25) is 0 Å². The van der Waals surface area contributed by atoms with Crippen molar-refractivity contribution < 1.29 is 28.2 Å². The van der Waals surface area contributed by atoms with E-state index < -0.39 is 12.0 Å². The van der Waals surface area contributed by atoms with Crippen LogP contribution in [0.4, 0.5) is 11.5 Å². The van der Waals surface area contributed by atoms with E-state index in [1.165, 1.54) is 13.2 Å². The van der Waals surface area contributed by atoms with Crippen molar-refractivity contribution in [2.75, 3.05) is 58.3 Å². The van der Waals surface area contributed by atoms with E-state index in [1.807, 2.05) is 18.2 Å². The van der Waals surface area contributed by atoms with E-state index in [4.69, 9.17) is 24.4 Å². The molecule has 5 rings (SSSR count). The van der Waals surface area contributed by atoms with Crippen LogP contribution in [0.5, 0.6) is 17.4 Å². The molecule has 2 amide bonds. The Labute approximate surface area is 232 Å². The molecule has 1 fully saturated rings. The standard InChI is InChI=1S/C28H34N6O6/c1-3-33-11-13-34(14-12-33)16-18-7-9-23(39-18)27(36)30-15-19-17-38-22-6-4-5-21(25(22)40-19)31-24-10-8-20(26(29)35)28(32-24)37-2/h4-10,19H,3,11-17H2,1-2H3,(H2,29,35)(H,30,36)(H,31,32). The van der Waals surface area contributed by atoms with Crippen molar-refractivity contribution >= 4 is 23.3 Å². The number of fused-ring (bicyclic) bond motifs is 1. The molecule has 2 aliphatic rings. The lowest BCUT2D eigenvalue weighted by atomic mass is 10.2. The molecule has 0 saturated carbocycles. The number of methoxy groups -OCH3 is 1. The van der Waals surface area contributed by atoms with Crippen LogP contribution in [0.3, 0.4) is 0 Å². The zero-order chi connectivity index (χ0) is 28.1. The number of hydrogen-bond donors (Lipinski definition) is 3. The monoisotopic (exact) mass is 550 g/mol. The largest absolute Gasteiger partial charge is 0.486 e. The summed E-state index contributed by atoms with van der Waals surface area (Å²) >= 11 is 0. The molecule has 1 aromatic carbocycles. The Balaban J connectivity index is 1.17. The molecule has 0 bridgehead atoms. The SMILES string of the molecule is CCN1CCN(Cc2ccc(C(=O)NCC3COc4cccc(Nc5ccc(C(N)=O)c(OC)n5)c4O3)o2)CC1. The van der Waals surface area contributed by atoms with Gasteiger partial charge in [0.05, 0.1) is 25.9 Å². The van der Waals surface area contributed by atoms with Crippen molar-refractivity contribution in [3.05, 3.63) is 59.5 Å². The summed E-state index contributed by atoms with van der Waals surface area (Å²) in [5, 5.41) is 6.05. The number of anilines is 2. The molecule has 40 heavy (non-hydrogen) atoms. The molecule has 12 nitrogen and oxygen atoms in total. The number of carbonyl (C=O) groups is 2. The van der Waals surface area contributed by atoms with Gasteiger partial charge in [-0.05, 0) is 42.9 Å². The summed E-state index contributed by atoms with van der Waals surface area (Å²) in [6.07, 6.45) is -0.427. The van der Waals surface area contributed by atoms with Crippen molar-refractivity contribution in [3.8, 4) is 17.4 Å². The van der Waals surface area contributed by atoms with Gasteiger partial charge in [-0.1, -0.05) is 13.0 Å². The topological polar surface area (TPSA) is 144 Å². The number of piperazine rings is 1. The van der Waals surface area contributed by atoms with Crippen LogP contribution in [0, 0.1) is 0 Å². The van der Waals surface area contributed by atoms with Gasteiger partial charge in [0.25, 0.3) is 11.8 Å². The summed E-state index contributed by atoms with van der Waals surface area (Å²) in [6, 6.07) is 12.1. The van der Waals surface area contributed by atoms with E-state index >= 15 is 0 Å². The van der Waals surface area contributed by atoms with E-state index in [-0.39, 0.29) is 36.3 Å². The minimum absolute atomic E-state index is 0.111. The van der Waals surface area contributed by atoms with Gasteiger partial charge in [-0.3, -0.25) is 14.5 Å². The number of furan rings is 1. The molecule has 0 radical (unpaired) electrons. The lowest BCUT2D eigenvalue weighted by Gasteiger charge is -2.33. The van der Waals surface area contributed by atoms with Gasteiger partial charge in [0.1, 0.15) is 23.7 Å². The van der Waals surface area contributed by atoms with Gasteiger partial charge in [-0.15, -0.1) is 0 Å². The average Bonchev–Trinajstić information content (AvgIpc) is 3.45. The number of hydrogen-bond acceptors (Lipinski definition) is 10. The molecule has 2 aromatic heterocycles. The average molecular weight is 551 g/mol. The van der Waals surface area contributed by atoms with E-state index in [9.17, 15) is 9.59 Å². The zero-order valence-corrected chi connectivity index (χ0v) is 22.6. The summed E-state index contributed by atoms with van der Waals surface area (Å²) in [5.74, 6) is 1.67. The number of nitrogens with one attached hydrogen (secondary N) is 2. The highest BCUT2D eigenvalue weighted by Crippen LogP contribution is 2.40. The van der Waals surface area contributed by atoms with Crippen molar-refractivity contribution in [3.63, 3.8) is 0 Å². The van der Waals surface area contributed by atoms with Gasteiger partial charge < -0.3 is 39.9 Å². The van der Waals surface area contributed by atoms with Gasteiger partial charge >= 0.3 is 0 Å². The lowest BCUT2D eigenvalue weighted by Crippen LogP contribution is -2.45. The highest BCUT2D eigenvalue weighted by Gasteiger charge is 2.25. The van der Waals surface area contributed by atoms with Crippen molar-refractivity contribution in [1.29, 1.82) is 0 Å². The second-order valence-electron chi connectivity index (χ2n) is 9.61. The highest BCUT2D eigenvalue weighted by atomic mass is 16.6. The fourth-order valence-electron chi connectivity index (χ4n) is 4.69. The van der Waals surface area contributed by atoms with Crippen LogP contribution in [0.25, 0.3) is 0 Å². The zero-order valence-electron chi connectivity index (χ0n) is 22.6. The Morgan fingerprint density at radius 1 is 1.10 bits per heavy atom. The second kappa shape index (κ2) is 12.3. The molecule has 1 atom stereocenters. The van der Waals surface area contributed by atoms with Crippen LogP contribution < -0.4 is 30.6 Å². The number of primary amides is 1. The number of nitrogens with two attached hydrogens (primary N) is 1. The fraction of sp³-hybridized carbons (Fsp3) is 0.393. The fourth-order valence-corrected chi connectivity index (χ4v) is 4.69. The molecular formula is C28H34N6O6. The lowest BCUT2D eigenvalue weighted by molar-refractivity contribution is 0.0773. The predicted octanol–water partition coefficient (Wildman–Crippen LogP) is 2.23. The first-order valence-corrected chi connectivity index (χ1v) is 13.3. The van der Waals surface area contributed by atoms with Crippen LogP contribution in [-0.2, 0) is 6.54 Å². The molecule has 4 N–H and O–H groups in total. The Morgan fingerprint density at radius 3 is 2.65 bits per heavy atom. The number of benzene rings is 1. The maximum atomic E-state index is 12.8. The van der Waals surface area contributed by atoms with E-state index in [0.29, 0.717) is 29.5 Å². The Kier molecular flexibility index (Phi) is 8.37. The van der Waals surface area contributed by atoms with E-state index in [0.717, 1.165) is 38.5 Å². The van der Waals surface area contributed by atoms with Crippen molar-refractivity contribution in [2.24, 2.45) is 5.73 Å². The minimum atomic E-state index is -0.633. The number of amides is 2. The summed E-state index contributed by atoms with van der Waals surface area (Å²) < 4.78 is 23.1. The third-order valence-electron chi connectivity index (χ3n) is 6.94. The van der Waals surface area contributed by atoms with Gasteiger partial charge in [0.15, 0.2) is 23.4 Å². The van der Waals surface area contributed by atoms with Crippen LogP contribution in [0.15, 0.2) is 46.9 Å². The molecule has 1 unspecified atom stereocenters.